The fourth-order valence-corrected chi connectivity index (χ4v) is 3.28. The number of hydrogen-bond donors (Lipinski definition) is 1. The molecule has 0 aliphatic carbocycles. The van der Waals surface area contributed by atoms with Crippen LogP contribution in [0.15, 0.2) is 0 Å². The quantitative estimate of drug-likeness (QED) is 0.746. The van der Waals surface area contributed by atoms with Crippen LogP contribution in [0.1, 0.15) is 39.5 Å². The Morgan fingerprint density at radius 2 is 1.90 bits per heavy atom. The first-order valence-electron chi connectivity index (χ1n) is 8.56. The van der Waals surface area contributed by atoms with Crippen molar-refractivity contribution < 1.29 is 9.53 Å². The molecular weight excluding hydrogens is 266 g/mol. The van der Waals surface area contributed by atoms with Gasteiger partial charge in [0.2, 0.25) is 5.91 Å². The third kappa shape index (κ3) is 4.94. The van der Waals surface area contributed by atoms with Crippen LogP contribution in [-0.4, -0.2) is 73.7 Å². The first-order chi connectivity index (χ1) is 10.2. The van der Waals surface area contributed by atoms with Crippen LogP contribution in [0.3, 0.4) is 0 Å². The van der Waals surface area contributed by atoms with Crippen molar-refractivity contribution in [1.29, 1.82) is 0 Å². The highest BCUT2D eigenvalue weighted by atomic mass is 16.5. The summed E-state index contributed by atoms with van der Waals surface area (Å²) in [5, 5.41) is 3.05. The molecule has 0 spiro atoms. The Morgan fingerprint density at radius 3 is 2.52 bits per heavy atom. The number of likely N-dealkylation sites (tertiary alicyclic amines) is 1. The predicted octanol–water partition coefficient (Wildman–Crippen LogP) is 1.09. The summed E-state index contributed by atoms with van der Waals surface area (Å²) >= 11 is 0. The molecule has 122 valence electrons. The Balaban J connectivity index is 1.70. The normalized spacial score (nSPS) is 23.9. The average molecular weight is 297 g/mol. The van der Waals surface area contributed by atoms with Gasteiger partial charge in [0.25, 0.3) is 0 Å². The number of carbonyl (C=O) groups is 1. The zero-order chi connectivity index (χ0) is 15.1. The molecule has 1 amide bonds. The summed E-state index contributed by atoms with van der Waals surface area (Å²) < 4.78 is 5.42. The predicted molar refractivity (Wildman–Crippen MR) is 84.4 cm³/mol. The molecule has 0 aromatic heterocycles. The van der Waals surface area contributed by atoms with Gasteiger partial charge in [-0.3, -0.25) is 14.6 Å². The molecule has 0 radical (unpaired) electrons. The monoisotopic (exact) mass is 297 g/mol. The van der Waals surface area contributed by atoms with Crippen LogP contribution >= 0.6 is 0 Å². The van der Waals surface area contributed by atoms with Gasteiger partial charge >= 0.3 is 0 Å². The number of nitrogens with zero attached hydrogens (tertiary/aromatic N) is 2. The Bertz CT molecular complexity index is 311. The van der Waals surface area contributed by atoms with Crippen LogP contribution in [0.4, 0.5) is 0 Å². The van der Waals surface area contributed by atoms with E-state index < -0.39 is 0 Å². The smallest absolute Gasteiger partial charge is 0.237 e. The third-order valence-corrected chi connectivity index (χ3v) is 4.82. The van der Waals surface area contributed by atoms with Crippen molar-refractivity contribution in [2.45, 2.75) is 51.6 Å². The van der Waals surface area contributed by atoms with E-state index in [9.17, 15) is 4.79 Å². The summed E-state index contributed by atoms with van der Waals surface area (Å²) in [5.41, 5.74) is 0. The topological polar surface area (TPSA) is 44.8 Å². The highest BCUT2D eigenvalue weighted by Crippen LogP contribution is 2.19. The summed E-state index contributed by atoms with van der Waals surface area (Å²) in [4.78, 5) is 17.0. The third-order valence-electron chi connectivity index (χ3n) is 4.82. The van der Waals surface area contributed by atoms with E-state index in [4.69, 9.17) is 4.74 Å². The maximum absolute atomic E-state index is 12.1. The second-order valence-corrected chi connectivity index (χ2v) is 6.24. The second-order valence-electron chi connectivity index (χ2n) is 6.24. The molecule has 21 heavy (non-hydrogen) atoms. The maximum Gasteiger partial charge on any atom is 0.237 e. The molecule has 2 heterocycles. The van der Waals surface area contributed by atoms with E-state index in [1.807, 2.05) is 6.92 Å². The number of morpholine rings is 1. The van der Waals surface area contributed by atoms with Crippen LogP contribution in [0, 0.1) is 0 Å². The SMILES string of the molecule is CCCCNC(=O)C(C)N1CCC(N2CCOCC2)CC1. The van der Waals surface area contributed by atoms with Crippen molar-refractivity contribution in [3.8, 4) is 0 Å². The molecule has 0 aromatic rings. The molecule has 0 aromatic carbocycles. The number of carbonyl (C=O) groups excluding carboxylic acids is 1. The number of hydrogen-bond acceptors (Lipinski definition) is 4. The molecule has 2 fully saturated rings. The molecule has 0 saturated carbocycles. The number of nitrogens with one attached hydrogen (secondary N) is 1. The lowest BCUT2D eigenvalue weighted by atomic mass is 10.0. The highest BCUT2D eigenvalue weighted by molar-refractivity contribution is 5.81. The van der Waals surface area contributed by atoms with Crippen molar-refractivity contribution in [2.75, 3.05) is 45.9 Å². The van der Waals surface area contributed by atoms with Crippen LogP contribution in [0.2, 0.25) is 0 Å². The summed E-state index contributed by atoms with van der Waals surface area (Å²) in [6.07, 6.45) is 4.54. The molecule has 5 heteroatoms. The van der Waals surface area contributed by atoms with E-state index >= 15 is 0 Å². The molecular formula is C16H31N3O2. The van der Waals surface area contributed by atoms with E-state index in [0.717, 1.165) is 58.8 Å². The van der Waals surface area contributed by atoms with Gasteiger partial charge in [0.15, 0.2) is 0 Å². The molecule has 2 rings (SSSR count). The van der Waals surface area contributed by atoms with Crippen LogP contribution in [-0.2, 0) is 9.53 Å². The van der Waals surface area contributed by atoms with E-state index in [-0.39, 0.29) is 11.9 Å². The Morgan fingerprint density at radius 1 is 1.24 bits per heavy atom. The lowest BCUT2D eigenvalue weighted by molar-refractivity contribution is -0.126. The van der Waals surface area contributed by atoms with Gasteiger partial charge in [-0.25, -0.2) is 0 Å². The Hall–Kier alpha value is -0.650. The van der Waals surface area contributed by atoms with Crippen molar-refractivity contribution in [1.82, 2.24) is 15.1 Å². The first-order valence-corrected chi connectivity index (χ1v) is 8.56. The number of ether oxygens (including phenoxy) is 1. The minimum absolute atomic E-state index is 0.00694. The first kappa shape index (κ1) is 16.7. The van der Waals surface area contributed by atoms with Gasteiger partial charge in [-0.1, -0.05) is 13.3 Å². The Kier molecular flexibility index (Phi) is 6.93. The number of amides is 1. The van der Waals surface area contributed by atoms with Gasteiger partial charge in [-0.15, -0.1) is 0 Å². The highest BCUT2D eigenvalue weighted by Gasteiger charge is 2.29. The van der Waals surface area contributed by atoms with E-state index in [2.05, 4.69) is 22.0 Å². The summed E-state index contributed by atoms with van der Waals surface area (Å²) in [6, 6.07) is 0.688. The molecule has 2 saturated heterocycles. The van der Waals surface area contributed by atoms with Crippen LogP contribution in [0.25, 0.3) is 0 Å². The average Bonchev–Trinajstić information content (AvgIpc) is 2.55. The molecule has 1 N–H and O–H groups in total. The summed E-state index contributed by atoms with van der Waals surface area (Å²) in [5.74, 6) is 0.188. The van der Waals surface area contributed by atoms with E-state index in [1.165, 1.54) is 12.8 Å². The molecule has 1 unspecified atom stereocenters. The molecule has 2 aliphatic heterocycles. The molecule has 5 nitrogen and oxygen atoms in total. The lowest BCUT2D eigenvalue weighted by Gasteiger charge is -2.41. The Labute approximate surface area is 129 Å². The maximum atomic E-state index is 12.1. The fourth-order valence-electron chi connectivity index (χ4n) is 3.28. The summed E-state index contributed by atoms with van der Waals surface area (Å²) in [6.45, 7) is 10.9. The molecule has 2 aliphatic rings. The van der Waals surface area contributed by atoms with Crippen molar-refractivity contribution in [3.63, 3.8) is 0 Å². The van der Waals surface area contributed by atoms with Crippen LogP contribution in [0.5, 0.6) is 0 Å². The molecule has 1 atom stereocenters. The van der Waals surface area contributed by atoms with E-state index in [1.54, 1.807) is 0 Å². The number of rotatable bonds is 6. The van der Waals surface area contributed by atoms with Gasteiger partial charge in [-0.05, 0) is 26.2 Å². The minimum Gasteiger partial charge on any atom is -0.379 e. The largest absolute Gasteiger partial charge is 0.379 e. The van der Waals surface area contributed by atoms with Crippen molar-refractivity contribution in [3.05, 3.63) is 0 Å². The van der Waals surface area contributed by atoms with Gasteiger partial charge in [0.1, 0.15) is 0 Å². The second kappa shape index (κ2) is 8.71. The van der Waals surface area contributed by atoms with Gasteiger partial charge in [-0.2, -0.15) is 0 Å². The fraction of sp³-hybridized carbons (Fsp3) is 0.938. The van der Waals surface area contributed by atoms with Gasteiger partial charge in [0, 0.05) is 38.8 Å². The standard InChI is InChI=1S/C16H31N3O2/c1-3-4-7-17-16(20)14(2)18-8-5-15(6-9-18)19-10-12-21-13-11-19/h14-15H,3-13H2,1-2H3,(H,17,20). The lowest BCUT2D eigenvalue weighted by Crippen LogP contribution is -2.53. The van der Waals surface area contributed by atoms with Crippen LogP contribution < -0.4 is 5.32 Å². The van der Waals surface area contributed by atoms with Gasteiger partial charge < -0.3 is 10.1 Å². The summed E-state index contributed by atoms with van der Waals surface area (Å²) in [7, 11) is 0. The van der Waals surface area contributed by atoms with Crippen molar-refractivity contribution in [2.24, 2.45) is 0 Å². The number of unbranched alkanes of at least 4 members (excludes halogenated alkanes) is 1. The minimum atomic E-state index is 0.00694. The zero-order valence-corrected chi connectivity index (χ0v) is 13.6. The van der Waals surface area contributed by atoms with Gasteiger partial charge in [0.05, 0.1) is 19.3 Å². The zero-order valence-electron chi connectivity index (χ0n) is 13.6. The number of piperidine rings is 1. The van der Waals surface area contributed by atoms with Crippen molar-refractivity contribution >= 4 is 5.91 Å². The molecule has 0 bridgehead atoms. The van der Waals surface area contributed by atoms with E-state index in [0.29, 0.717) is 6.04 Å².